The summed E-state index contributed by atoms with van der Waals surface area (Å²) in [5, 5.41) is 14.3. The fraction of sp³-hybridized carbons (Fsp3) is 0.381. The van der Waals surface area contributed by atoms with Gasteiger partial charge in [-0.15, -0.1) is 11.3 Å². The Labute approximate surface area is 168 Å². The Hall–Kier alpha value is -2.85. The van der Waals surface area contributed by atoms with Crippen LogP contribution in [0.5, 0.6) is 5.75 Å². The normalized spacial score (nSPS) is 18.8. The van der Waals surface area contributed by atoms with Gasteiger partial charge in [0, 0.05) is 13.0 Å². The highest BCUT2D eigenvalue weighted by Gasteiger charge is 2.44. The summed E-state index contributed by atoms with van der Waals surface area (Å²) in [5.41, 5.74) is 1.35. The minimum atomic E-state index is -0.508. The van der Waals surface area contributed by atoms with E-state index >= 15 is 0 Å². The number of nitrogens with zero attached hydrogens (tertiary/aromatic N) is 2. The summed E-state index contributed by atoms with van der Waals surface area (Å²) in [6.45, 7) is 2.70. The molecule has 0 radical (unpaired) electrons. The van der Waals surface area contributed by atoms with E-state index in [4.69, 9.17) is 4.74 Å². The molecular weight excluding hydrogens is 374 g/mol. The number of carbonyl (C=O) groups excluding carboxylic acids is 2. The number of unbranched alkanes of at least 4 members (excludes halogenated alkanes) is 1. The Balaban J connectivity index is 1.89. The van der Waals surface area contributed by atoms with Crippen molar-refractivity contribution in [2.24, 2.45) is 5.92 Å². The van der Waals surface area contributed by atoms with E-state index in [0.29, 0.717) is 17.1 Å². The van der Waals surface area contributed by atoms with Crippen molar-refractivity contribution in [3.8, 4) is 11.8 Å². The molecule has 1 saturated heterocycles. The van der Waals surface area contributed by atoms with Gasteiger partial charge in [-0.05, 0) is 35.6 Å². The van der Waals surface area contributed by atoms with Crippen LogP contribution in [-0.4, -0.2) is 30.4 Å². The fourth-order valence-corrected chi connectivity index (χ4v) is 4.27. The number of thiophene rings is 1. The molecule has 7 heteroatoms. The van der Waals surface area contributed by atoms with E-state index in [1.165, 1.54) is 11.3 Å². The second-order valence-corrected chi connectivity index (χ2v) is 7.65. The maximum atomic E-state index is 13.0. The van der Waals surface area contributed by atoms with Gasteiger partial charge in [-0.3, -0.25) is 9.59 Å². The molecule has 2 heterocycles. The predicted molar refractivity (Wildman–Crippen MR) is 108 cm³/mol. The van der Waals surface area contributed by atoms with Gasteiger partial charge in [0.25, 0.3) is 0 Å². The van der Waals surface area contributed by atoms with Crippen LogP contribution in [0, 0.1) is 17.2 Å². The number of benzene rings is 1. The Bertz CT molecular complexity index is 885. The number of rotatable bonds is 7. The van der Waals surface area contributed by atoms with Crippen molar-refractivity contribution in [1.29, 1.82) is 5.26 Å². The molecular formula is C21H23N3O3S. The summed E-state index contributed by atoms with van der Waals surface area (Å²) in [4.78, 5) is 27.5. The van der Waals surface area contributed by atoms with Gasteiger partial charge in [0.1, 0.15) is 16.8 Å². The number of nitrogens with one attached hydrogen (secondary N) is 1. The zero-order chi connectivity index (χ0) is 20.1. The quantitative estimate of drug-likeness (QED) is 0.767. The van der Waals surface area contributed by atoms with Gasteiger partial charge in [0.2, 0.25) is 11.8 Å². The lowest BCUT2D eigenvalue weighted by molar-refractivity contribution is -0.129. The number of anilines is 1. The molecule has 1 aliphatic rings. The van der Waals surface area contributed by atoms with Crippen molar-refractivity contribution in [3.63, 3.8) is 0 Å². The number of hydrogen-bond donors (Lipinski definition) is 1. The van der Waals surface area contributed by atoms with Crippen LogP contribution < -0.4 is 10.1 Å². The van der Waals surface area contributed by atoms with Crippen LogP contribution >= 0.6 is 11.3 Å². The highest BCUT2D eigenvalue weighted by molar-refractivity contribution is 7.14. The molecule has 3 rings (SSSR count). The number of amides is 2. The molecule has 146 valence electrons. The third kappa shape index (κ3) is 4.02. The van der Waals surface area contributed by atoms with Gasteiger partial charge in [0.05, 0.1) is 24.6 Å². The van der Waals surface area contributed by atoms with Crippen LogP contribution in [-0.2, 0) is 9.59 Å². The van der Waals surface area contributed by atoms with Crippen LogP contribution in [0.25, 0.3) is 0 Å². The molecule has 2 amide bonds. The second kappa shape index (κ2) is 8.89. The minimum Gasteiger partial charge on any atom is -0.497 e. The van der Waals surface area contributed by atoms with Crippen LogP contribution in [0.3, 0.4) is 0 Å². The number of carbonyl (C=O) groups is 2. The number of ether oxygens (including phenoxy) is 1. The van der Waals surface area contributed by atoms with E-state index in [9.17, 15) is 14.9 Å². The Morgan fingerprint density at radius 2 is 2.11 bits per heavy atom. The first kappa shape index (κ1) is 19.9. The largest absolute Gasteiger partial charge is 0.497 e. The molecule has 1 N–H and O–H groups in total. The second-order valence-electron chi connectivity index (χ2n) is 6.73. The van der Waals surface area contributed by atoms with Crippen molar-refractivity contribution in [1.82, 2.24) is 4.90 Å². The highest BCUT2D eigenvalue weighted by Crippen LogP contribution is 2.40. The number of methoxy groups -OCH3 is 1. The molecule has 0 unspecified atom stereocenters. The smallest absolute Gasteiger partial charge is 0.231 e. The van der Waals surface area contributed by atoms with Crippen LogP contribution in [0.15, 0.2) is 35.7 Å². The molecule has 2 aromatic rings. The van der Waals surface area contributed by atoms with E-state index in [-0.39, 0.29) is 24.3 Å². The standard InChI is InChI=1S/C21H23N3O3S/c1-3-4-10-24-18(25)12-17(19(24)14-5-7-16(27-2)8-6-14)20(26)23-21-15(13-22)9-11-28-21/h5-9,11,17,19H,3-4,10,12H2,1-2H3,(H,23,26)/t17-,19+/m1/s1. The van der Waals surface area contributed by atoms with Crippen LogP contribution in [0.4, 0.5) is 5.00 Å². The molecule has 1 aromatic heterocycles. The topological polar surface area (TPSA) is 82.4 Å². The average Bonchev–Trinajstić information content (AvgIpc) is 3.30. The number of likely N-dealkylation sites (tertiary alicyclic amines) is 1. The lowest BCUT2D eigenvalue weighted by atomic mass is 9.92. The third-order valence-corrected chi connectivity index (χ3v) is 5.83. The predicted octanol–water partition coefficient (Wildman–Crippen LogP) is 3.96. The molecule has 1 fully saturated rings. The van der Waals surface area contributed by atoms with Gasteiger partial charge in [0.15, 0.2) is 0 Å². The van der Waals surface area contributed by atoms with Crippen molar-refractivity contribution >= 4 is 28.2 Å². The highest BCUT2D eigenvalue weighted by atomic mass is 32.1. The molecule has 2 atom stereocenters. The molecule has 0 aliphatic carbocycles. The SMILES string of the molecule is CCCCN1C(=O)C[C@@H](C(=O)Nc2sccc2C#N)[C@@H]1c1ccc(OC)cc1. The monoisotopic (exact) mass is 397 g/mol. The molecule has 0 bridgehead atoms. The first-order valence-electron chi connectivity index (χ1n) is 9.31. The summed E-state index contributed by atoms with van der Waals surface area (Å²) in [6, 6.07) is 10.9. The van der Waals surface area contributed by atoms with Gasteiger partial charge < -0.3 is 15.0 Å². The maximum absolute atomic E-state index is 13.0. The molecule has 0 spiro atoms. The summed E-state index contributed by atoms with van der Waals surface area (Å²) in [5.74, 6) is -0.0222. The summed E-state index contributed by atoms with van der Waals surface area (Å²) >= 11 is 1.31. The van der Waals surface area contributed by atoms with E-state index in [0.717, 1.165) is 24.2 Å². The maximum Gasteiger partial charge on any atom is 0.231 e. The number of nitriles is 1. The molecule has 0 saturated carbocycles. The number of hydrogen-bond acceptors (Lipinski definition) is 5. The molecule has 1 aliphatic heterocycles. The van der Waals surface area contributed by atoms with Crippen molar-refractivity contribution in [2.45, 2.75) is 32.2 Å². The third-order valence-electron chi connectivity index (χ3n) is 5.00. The zero-order valence-electron chi connectivity index (χ0n) is 16.0. The van der Waals surface area contributed by atoms with E-state index in [2.05, 4.69) is 18.3 Å². The van der Waals surface area contributed by atoms with Gasteiger partial charge in [-0.25, -0.2) is 0 Å². The zero-order valence-corrected chi connectivity index (χ0v) is 16.8. The van der Waals surface area contributed by atoms with Gasteiger partial charge in [-0.1, -0.05) is 25.5 Å². The summed E-state index contributed by atoms with van der Waals surface area (Å²) in [7, 11) is 1.60. The molecule has 1 aromatic carbocycles. The van der Waals surface area contributed by atoms with Gasteiger partial charge >= 0.3 is 0 Å². The Morgan fingerprint density at radius 1 is 1.36 bits per heavy atom. The summed E-state index contributed by atoms with van der Waals surface area (Å²) < 4.78 is 5.23. The van der Waals surface area contributed by atoms with Crippen molar-refractivity contribution in [2.75, 3.05) is 19.0 Å². The first-order chi connectivity index (χ1) is 13.6. The Morgan fingerprint density at radius 3 is 2.75 bits per heavy atom. The average molecular weight is 398 g/mol. The Kier molecular flexibility index (Phi) is 6.32. The van der Waals surface area contributed by atoms with Gasteiger partial charge in [-0.2, -0.15) is 5.26 Å². The van der Waals surface area contributed by atoms with Crippen molar-refractivity contribution < 1.29 is 14.3 Å². The van der Waals surface area contributed by atoms with Crippen LogP contribution in [0.1, 0.15) is 43.4 Å². The first-order valence-corrected chi connectivity index (χ1v) is 10.2. The van der Waals surface area contributed by atoms with E-state index < -0.39 is 5.92 Å². The van der Waals surface area contributed by atoms with E-state index in [1.807, 2.05) is 29.2 Å². The van der Waals surface area contributed by atoms with E-state index in [1.54, 1.807) is 18.6 Å². The minimum absolute atomic E-state index is 0.0129. The van der Waals surface area contributed by atoms with Crippen LogP contribution in [0.2, 0.25) is 0 Å². The molecule has 28 heavy (non-hydrogen) atoms. The fourth-order valence-electron chi connectivity index (χ4n) is 3.53. The summed E-state index contributed by atoms with van der Waals surface area (Å²) in [6.07, 6.45) is 2.02. The lowest BCUT2D eigenvalue weighted by Gasteiger charge is -2.28. The molecule has 6 nitrogen and oxygen atoms in total. The lowest BCUT2D eigenvalue weighted by Crippen LogP contribution is -2.33. The van der Waals surface area contributed by atoms with Crippen molar-refractivity contribution in [3.05, 3.63) is 46.8 Å².